The van der Waals surface area contributed by atoms with Gasteiger partial charge < -0.3 is 14.6 Å². The van der Waals surface area contributed by atoms with Gasteiger partial charge in [-0.2, -0.15) is 0 Å². The molecule has 1 aliphatic heterocycles. The molecule has 104 valence electrons. The maximum Gasteiger partial charge on any atom is 0.128 e. The Bertz CT molecular complexity index is 607. The second-order valence-electron chi connectivity index (χ2n) is 5.01. The van der Waals surface area contributed by atoms with Gasteiger partial charge in [-0.15, -0.1) is 0 Å². The Morgan fingerprint density at radius 1 is 1.25 bits per heavy atom. The Balaban J connectivity index is 1.83. The summed E-state index contributed by atoms with van der Waals surface area (Å²) in [5.41, 5.74) is 3.11. The topological polar surface area (TPSA) is 38.7 Å². The van der Waals surface area contributed by atoms with E-state index in [-0.39, 0.29) is 0 Å². The summed E-state index contributed by atoms with van der Waals surface area (Å²) in [4.78, 5) is 0. The Labute approximate surface area is 118 Å². The van der Waals surface area contributed by atoms with E-state index in [0.29, 0.717) is 13.0 Å². The van der Waals surface area contributed by atoms with Crippen LogP contribution < -0.4 is 9.47 Å². The van der Waals surface area contributed by atoms with Crippen molar-refractivity contribution in [2.45, 2.75) is 18.9 Å². The molecule has 0 aliphatic carbocycles. The molecule has 0 amide bonds. The fraction of sp³-hybridized carbons (Fsp3) is 0.294. The van der Waals surface area contributed by atoms with Crippen LogP contribution in [0.5, 0.6) is 11.5 Å². The minimum absolute atomic E-state index is 0.553. The summed E-state index contributed by atoms with van der Waals surface area (Å²) in [7, 11) is 1.65. The number of methoxy groups -OCH3 is 1. The minimum Gasteiger partial charge on any atom is -0.497 e. The molecule has 20 heavy (non-hydrogen) atoms. The van der Waals surface area contributed by atoms with Crippen LogP contribution in [-0.4, -0.2) is 18.8 Å². The number of hydrogen-bond acceptors (Lipinski definition) is 3. The van der Waals surface area contributed by atoms with Crippen molar-refractivity contribution in [3.8, 4) is 11.5 Å². The molecule has 3 rings (SSSR count). The molecular weight excluding hydrogens is 252 g/mol. The quantitative estimate of drug-likeness (QED) is 0.928. The largest absolute Gasteiger partial charge is 0.497 e. The molecule has 2 aromatic carbocycles. The molecule has 0 fully saturated rings. The highest BCUT2D eigenvalue weighted by Gasteiger charge is 2.20. The number of aliphatic hydroxyl groups is 1. The Morgan fingerprint density at radius 2 is 2.10 bits per heavy atom. The number of benzene rings is 2. The Hall–Kier alpha value is -2.00. The van der Waals surface area contributed by atoms with Crippen molar-refractivity contribution >= 4 is 0 Å². The smallest absolute Gasteiger partial charge is 0.128 e. The van der Waals surface area contributed by atoms with Gasteiger partial charge in [0.1, 0.15) is 11.5 Å². The molecular formula is C17H18O3. The number of ether oxygens (including phenoxy) is 2. The minimum atomic E-state index is -0.560. The molecule has 1 unspecified atom stereocenters. The Kier molecular flexibility index (Phi) is 3.61. The average Bonchev–Trinajstić information content (AvgIpc) is 2.95. The van der Waals surface area contributed by atoms with Crippen LogP contribution in [0.2, 0.25) is 0 Å². The summed E-state index contributed by atoms with van der Waals surface area (Å²) in [5, 5.41) is 10.5. The van der Waals surface area contributed by atoms with E-state index in [4.69, 9.17) is 9.47 Å². The zero-order valence-corrected chi connectivity index (χ0v) is 11.5. The first-order valence-corrected chi connectivity index (χ1v) is 6.83. The first-order valence-electron chi connectivity index (χ1n) is 6.83. The van der Waals surface area contributed by atoms with Crippen molar-refractivity contribution in [3.05, 3.63) is 59.2 Å². The standard InChI is InChI=1S/C17H18O3/c1-19-14-6-2-4-12(10-14)11-16(18)15-7-3-5-13-8-9-20-17(13)15/h2-7,10,16,18H,8-9,11H2,1H3. The van der Waals surface area contributed by atoms with Gasteiger partial charge in [0.05, 0.1) is 19.8 Å². The maximum atomic E-state index is 10.5. The van der Waals surface area contributed by atoms with E-state index in [1.807, 2.05) is 36.4 Å². The fourth-order valence-corrected chi connectivity index (χ4v) is 2.64. The summed E-state index contributed by atoms with van der Waals surface area (Å²) in [6.07, 6.45) is 0.918. The molecule has 1 heterocycles. The first kappa shape index (κ1) is 13.0. The van der Waals surface area contributed by atoms with Crippen LogP contribution >= 0.6 is 0 Å². The van der Waals surface area contributed by atoms with Gasteiger partial charge in [0.2, 0.25) is 0 Å². The summed E-state index contributed by atoms with van der Waals surface area (Å²) in [6.45, 7) is 0.707. The second kappa shape index (κ2) is 5.55. The van der Waals surface area contributed by atoms with E-state index in [0.717, 1.165) is 29.0 Å². The molecule has 0 aromatic heterocycles. The van der Waals surface area contributed by atoms with Gasteiger partial charge in [-0.05, 0) is 23.3 Å². The van der Waals surface area contributed by atoms with Gasteiger partial charge in [-0.1, -0.05) is 30.3 Å². The van der Waals surface area contributed by atoms with Gasteiger partial charge in [-0.3, -0.25) is 0 Å². The van der Waals surface area contributed by atoms with Crippen molar-refractivity contribution < 1.29 is 14.6 Å². The summed E-state index contributed by atoms with van der Waals surface area (Å²) >= 11 is 0. The predicted molar refractivity (Wildman–Crippen MR) is 77.3 cm³/mol. The average molecular weight is 270 g/mol. The van der Waals surface area contributed by atoms with Crippen molar-refractivity contribution in [1.82, 2.24) is 0 Å². The lowest BCUT2D eigenvalue weighted by Gasteiger charge is -2.15. The molecule has 3 nitrogen and oxygen atoms in total. The van der Waals surface area contributed by atoms with E-state index in [1.54, 1.807) is 7.11 Å². The SMILES string of the molecule is COc1cccc(CC(O)c2cccc3c2OCC3)c1. The third kappa shape index (κ3) is 2.49. The highest BCUT2D eigenvalue weighted by molar-refractivity contribution is 5.45. The highest BCUT2D eigenvalue weighted by atomic mass is 16.5. The van der Waals surface area contributed by atoms with Crippen LogP contribution in [0.1, 0.15) is 22.8 Å². The molecule has 2 aromatic rings. The molecule has 0 saturated heterocycles. The summed E-state index contributed by atoms with van der Waals surface area (Å²) in [5.74, 6) is 1.67. The zero-order chi connectivity index (χ0) is 13.9. The Morgan fingerprint density at radius 3 is 2.95 bits per heavy atom. The fourth-order valence-electron chi connectivity index (χ4n) is 2.64. The molecule has 1 N–H and O–H groups in total. The third-order valence-corrected chi connectivity index (χ3v) is 3.67. The van der Waals surface area contributed by atoms with Gasteiger partial charge in [-0.25, -0.2) is 0 Å². The normalized spacial score (nSPS) is 14.5. The molecule has 0 saturated carbocycles. The van der Waals surface area contributed by atoms with Gasteiger partial charge in [0.25, 0.3) is 0 Å². The molecule has 1 atom stereocenters. The number of hydrogen-bond donors (Lipinski definition) is 1. The van der Waals surface area contributed by atoms with Crippen LogP contribution in [0.25, 0.3) is 0 Å². The third-order valence-electron chi connectivity index (χ3n) is 3.67. The lowest BCUT2D eigenvalue weighted by Crippen LogP contribution is -2.04. The number of para-hydroxylation sites is 1. The van der Waals surface area contributed by atoms with E-state index in [2.05, 4.69) is 6.07 Å². The summed E-state index contributed by atoms with van der Waals surface area (Å²) in [6, 6.07) is 13.8. The summed E-state index contributed by atoms with van der Waals surface area (Å²) < 4.78 is 10.9. The highest BCUT2D eigenvalue weighted by Crippen LogP contribution is 2.34. The van der Waals surface area contributed by atoms with Gasteiger partial charge in [0, 0.05) is 18.4 Å². The maximum absolute atomic E-state index is 10.5. The zero-order valence-electron chi connectivity index (χ0n) is 11.5. The van der Waals surface area contributed by atoms with Crippen molar-refractivity contribution in [2.24, 2.45) is 0 Å². The van der Waals surface area contributed by atoms with Crippen molar-refractivity contribution in [3.63, 3.8) is 0 Å². The van der Waals surface area contributed by atoms with Gasteiger partial charge in [0.15, 0.2) is 0 Å². The lowest BCUT2D eigenvalue weighted by atomic mass is 9.98. The molecule has 0 spiro atoms. The van der Waals surface area contributed by atoms with Gasteiger partial charge >= 0.3 is 0 Å². The van der Waals surface area contributed by atoms with Crippen LogP contribution in [-0.2, 0) is 12.8 Å². The molecule has 3 heteroatoms. The number of fused-ring (bicyclic) bond motifs is 1. The van der Waals surface area contributed by atoms with Crippen LogP contribution in [0.4, 0.5) is 0 Å². The van der Waals surface area contributed by atoms with Crippen molar-refractivity contribution in [1.29, 1.82) is 0 Å². The van der Waals surface area contributed by atoms with Crippen LogP contribution in [0.15, 0.2) is 42.5 Å². The molecule has 0 bridgehead atoms. The van der Waals surface area contributed by atoms with Crippen LogP contribution in [0.3, 0.4) is 0 Å². The lowest BCUT2D eigenvalue weighted by molar-refractivity contribution is 0.173. The van der Waals surface area contributed by atoms with Crippen LogP contribution in [0, 0.1) is 0 Å². The van der Waals surface area contributed by atoms with E-state index in [9.17, 15) is 5.11 Å². The van der Waals surface area contributed by atoms with E-state index in [1.165, 1.54) is 5.56 Å². The van der Waals surface area contributed by atoms with E-state index >= 15 is 0 Å². The molecule has 1 aliphatic rings. The number of aliphatic hydroxyl groups excluding tert-OH is 1. The van der Waals surface area contributed by atoms with E-state index < -0.39 is 6.10 Å². The second-order valence-corrected chi connectivity index (χ2v) is 5.01. The molecule has 0 radical (unpaired) electrons. The predicted octanol–water partition coefficient (Wildman–Crippen LogP) is 2.91. The monoisotopic (exact) mass is 270 g/mol. The van der Waals surface area contributed by atoms with Crippen molar-refractivity contribution in [2.75, 3.05) is 13.7 Å². The first-order chi connectivity index (χ1) is 9.78. The number of rotatable bonds is 4.